The Labute approximate surface area is 127 Å². The lowest BCUT2D eigenvalue weighted by molar-refractivity contribution is -0.114. The number of ketones is 1. The summed E-state index contributed by atoms with van der Waals surface area (Å²) in [6.07, 6.45) is 10.9. The summed E-state index contributed by atoms with van der Waals surface area (Å²) >= 11 is 0. The molecule has 0 amide bonds. The second-order valence-electron chi connectivity index (χ2n) is 7.85. The zero-order valence-corrected chi connectivity index (χ0v) is 13.0. The molecule has 114 valence electrons. The molecule has 0 aliphatic heterocycles. The van der Waals surface area contributed by atoms with Crippen molar-refractivity contribution in [2.75, 3.05) is 6.61 Å². The van der Waals surface area contributed by atoms with Gasteiger partial charge in [-0.25, -0.2) is 0 Å². The number of aliphatic hydroxyl groups excluding tert-OH is 1. The van der Waals surface area contributed by atoms with Crippen LogP contribution in [0.2, 0.25) is 0 Å². The summed E-state index contributed by atoms with van der Waals surface area (Å²) in [5.41, 5.74) is 4.97. The van der Waals surface area contributed by atoms with Gasteiger partial charge in [0.1, 0.15) is 0 Å². The van der Waals surface area contributed by atoms with E-state index in [0.717, 1.165) is 31.1 Å². The minimum atomic E-state index is 0.328. The van der Waals surface area contributed by atoms with E-state index in [2.05, 4.69) is 6.92 Å². The molecular weight excluding hydrogens is 260 g/mol. The molecule has 0 radical (unpaired) electrons. The first kappa shape index (κ1) is 13.8. The average Bonchev–Trinajstić information content (AvgIpc) is 2.83. The molecule has 1 N–H and O–H groups in total. The second kappa shape index (κ2) is 4.81. The van der Waals surface area contributed by atoms with Gasteiger partial charge in [0.25, 0.3) is 0 Å². The van der Waals surface area contributed by atoms with Crippen LogP contribution in [0.5, 0.6) is 0 Å². The van der Waals surface area contributed by atoms with E-state index in [0.29, 0.717) is 23.7 Å². The Morgan fingerprint density at radius 1 is 1.19 bits per heavy atom. The third-order valence-corrected chi connectivity index (χ3v) is 7.15. The Morgan fingerprint density at radius 2 is 2.05 bits per heavy atom. The monoisotopic (exact) mass is 286 g/mol. The van der Waals surface area contributed by atoms with Crippen LogP contribution in [-0.4, -0.2) is 17.5 Å². The molecular formula is C19H26O2. The van der Waals surface area contributed by atoms with Crippen molar-refractivity contribution in [1.82, 2.24) is 0 Å². The van der Waals surface area contributed by atoms with Crippen molar-refractivity contribution in [2.24, 2.45) is 23.2 Å². The maximum Gasteiger partial charge on any atom is 0.156 e. The molecule has 0 bridgehead atoms. The predicted molar refractivity (Wildman–Crippen MR) is 82.7 cm³/mol. The van der Waals surface area contributed by atoms with Crippen molar-refractivity contribution < 1.29 is 9.90 Å². The van der Waals surface area contributed by atoms with E-state index in [-0.39, 0.29) is 0 Å². The molecule has 0 spiro atoms. The third kappa shape index (κ3) is 1.91. The highest BCUT2D eigenvalue weighted by molar-refractivity contribution is 5.93. The van der Waals surface area contributed by atoms with Crippen LogP contribution in [0.25, 0.3) is 0 Å². The van der Waals surface area contributed by atoms with Gasteiger partial charge in [0.15, 0.2) is 5.78 Å². The van der Waals surface area contributed by atoms with E-state index >= 15 is 0 Å². The van der Waals surface area contributed by atoms with Crippen molar-refractivity contribution in [2.45, 2.75) is 58.3 Å². The number of allylic oxidation sites excluding steroid dienone is 4. The van der Waals surface area contributed by atoms with Gasteiger partial charge in [-0.2, -0.15) is 0 Å². The minimum absolute atomic E-state index is 0.328. The van der Waals surface area contributed by atoms with Crippen LogP contribution < -0.4 is 0 Å². The van der Waals surface area contributed by atoms with Crippen molar-refractivity contribution in [3.8, 4) is 0 Å². The normalized spacial score (nSPS) is 42.3. The minimum Gasteiger partial charge on any atom is -0.396 e. The highest BCUT2D eigenvalue weighted by Crippen LogP contribution is 2.61. The number of rotatable bonds is 1. The molecule has 0 aromatic heterocycles. The molecule has 0 heterocycles. The first-order chi connectivity index (χ1) is 10.1. The fraction of sp³-hybridized carbons (Fsp3) is 0.737. The first-order valence-corrected chi connectivity index (χ1v) is 8.70. The Morgan fingerprint density at radius 3 is 2.86 bits per heavy atom. The molecule has 0 saturated heterocycles. The Hall–Kier alpha value is -0.890. The highest BCUT2D eigenvalue weighted by Gasteiger charge is 2.53. The molecule has 4 rings (SSSR count). The average molecular weight is 286 g/mol. The molecule has 0 unspecified atom stereocenters. The molecule has 4 aliphatic carbocycles. The molecule has 2 nitrogen and oxygen atoms in total. The molecule has 21 heavy (non-hydrogen) atoms. The number of fused-ring (bicyclic) bond motifs is 4. The van der Waals surface area contributed by atoms with Crippen LogP contribution in [0.1, 0.15) is 58.3 Å². The van der Waals surface area contributed by atoms with Gasteiger partial charge in [-0.1, -0.05) is 12.5 Å². The number of hydrogen-bond acceptors (Lipinski definition) is 2. The van der Waals surface area contributed by atoms with Gasteiger partial charge in [0, 0.05) is 13.0 Å². The van der Waals surface area contributed by atoms with Gasteiger partial charge in [-0.3, -0.25) is 4.79 Å². The predicted octanol–water partition coefficient (Wildman–Crippen LogP) is 3.80. The topological polar surface area (TPSA) is 37.3 Å². The van der Waals surface area contributed by atoms with Crippen LogP contribution in [0, 0.1) is 23.2 Å². The van der Waals surface area contributed by atoms with E-state index in [4.69, 9.17) is 0 Å². The van der Waals surface area contributed by atoms with Crippen molar-refractivity contribution in [1.29, 1.82) is 0 Å². The molecule has 4 aliphatic rings. The summed E-state index contributed by atoms with van der Waals surface area (Å²) in [7, 11) is 0. The molecule has 0 aromatic rings. The van der Waals surface area contributed by atoms with Crippen LogP contribution >= 0.6 is 0 Å². The smallest absolute Gasteiger partial charge is 0.156 e. The molecule has 2 fully saturated rings. The van der Waals surface area contributed by atoms with E-state index in [9.17, 15) is 9.90 Å². The lowest BCUT2D eigenvalue weighted by atomic mass is 9.56. The standard InChI is InChI=1S/C19H26O2/c1-19-9-8-16-15-6-4-14(21)10-12(15)2-5-17(16)18(19)7-3-13(19)11-20/h10,13,17-18,20H,2-9,11H2,1H3/t13-,17+,18+,19+/m0/s1. The van der Waals surface area contributed by atoms with Crippen molar-refractivity contribution in [3.05, 3.63) is 22.8 Å². The maximum atomic E-state index is 11.7. The molecule has 4 atom stereocenters. The SMILES string of the molecule is C[C@]12CCC3=C4CCC(=O)C=C4CC[C@H]3[C@H]1CC[C@H]2CO. The zero-order chi connectivity index (χ0) is 14.6. The van der Waals surface area contributed by atoms with E-state index in [1.807, 2.05) is 6.08 Å². The second-order valence-corrected chi connectivity index (χ2v) is 7.85. The number of aliphatic hydroxyl groups is 1. The van der Waals surface area contributed by atoms with Crippen LogP contribution in [0.15, 0.2) is 22.8 Å². The van der Waals surface area contributed by atoms with Gasteiger partial charge in [-0.15, -0.1) is 0 Å². The quantitative estimate of drug-likeness (QED) is 0.796. The van der Waals surface area contributed by atoms with E-state index in [1.54, 1.807) is 11.1 Å². The lowest BCUT2D eigenvalue weighted by Gasteiger charge is -2.49. The van der Waals surface area contributed by atoms with Gasteiger partial charge in [-0.05, 0) is 85.3 Å². The maximum absolute atomic E-state index is 11.7. The first-order valence-electron chi connectivity index (χ1n) is 8.70. The van der Waals surface area contributed by atoms with E-state index < -0.39 is 0 Å². The van der Waals surface area contributed by atoms with E-state index in [1.165, 1.54) is 37.7 Å². The largest absolute Gasteiger partial charge is 0.396 e. The van der Waals surface area contributed by atoms with Gasteiger partial charge < -0.3 is 5.11 Å². The number of carbonyl (C=O) groups is 1. The Kier molecular flexibility index (Phi) is 3.15. The number of hydrogen-bond donors (Lipinski definition) is 1. The Balaban J connectivity index is 1.71. The lowest BCUT2D eigenvalue weighted by Crippen LogP contribution is -2.40. The fourth-order valence-electron chi connectivity index (χ4n) is 5.94. The fourth-order valence-corrected chi connectivity index (χ4v) is 5.94. The van der Waals surface area contributed by atoms with Crippen LogP contribution in [0.3, 0.4) is 0 Å². The van der Waals surface area contributed by atoms with Gasteiger partial charge in [0.05, 0.1) is 0 Å². The summed E-state index contributed by atoms with van der Waals surface area (Å²) in [5.74, 6) is 2.35. The molecule has 0 aromatic carbocycles. The van der Waals surface area contributed by atoms with Gasteiger partial charge in [0.2, 0.25) is 0 Å². The highest BCUT2D eigenvalue weighted by atomic mass is 16.3. The van der Waals surface area contributed by atoms with Crippen molar-refractivity contribution >= 4 is 5.78 Å². The summed E-state index contributed by atoms with van der Waals surface area (Å²) in [6.45, 7) is 2.80. The van der Waals surface area contributed by atoms with Crippen molar-refractivity contribution in [3.63, 3.8) is 0 Å². The summed E-state index contributed by atoms with van der Waals surface area (Å²) in [4.78, 5) is 11.7. The summed E-state index contributed by atoms with van der Waals surface area (Å²) in [5, 5.41) is 9.72. The molecule has 2 heteroatoms. The third-order valence-electron chi connectivity index (χ3n) is 7.15. The zero-order valence-electron chi connectivity index (χ0n) is 13.0. The summed E-state index contributed by atoms with van der Waals surface area (Å²) < 4.78 is 0. The van der Waals surface area contributed by atoms with Crippen LogP contribution in [-0.2, 0) is 4.79 Å². The number of carbonyl (C=O) groups excluding carboxylic acids is 1. The molecule has 2 saturated carbocycles. The van der Waals surface area contributed by atoms with Crippen LogP contribution in [0.4, 0.5) is 0 Å². The summed E-state index contributed by atoms with van der Waals surface area (Å²) in [6, 6.07) is 0. The van der Waals surface area contributed by atoms with Gasteiger partial charge >= 0.3 is 0 Å². The Bertz CT molecular complexity index is 542.